The van der Waals surface area contributed by atoms with Crippen LogP contribution < -0.4 is 4.74 Å². The van der Waals surface area contributed by atoms with Gasteiger partial charge in [-0.2, -0.15) is 0 Å². The van der Waals surface area contributed by atoms with Crippen molar-refractivity contribution in [2.24, 2.45) is 0 Å². The summed E-state index contributed by atoms with van der Waals surface area (Å²) >= 11 is 0. The van der Waals surface area contributed by atoms with Crippen molar-refractivity contribution >= 4 is 16.7 Å². The summed E-state index contributed by atoms with van der Waals surface area (Å²) in [5.41, 5.74) is 0.297. The Kier molecular flexibility index (Phi) is 3.09. The molecule has 1 saturated heterocycles. The average molecular weight is 258 g/mol. The topological polar surface area (TPSA) is 55.8 Å². The van der Waals surface area contributed by atoms with Gasteiger partial charge in [0.25, 0.3) is 0 Å². The second kappa shape index (κ2) is 4.90. The Bertz CT molecular complexity index is 615. The van der Waals surface area contributed by atoms with Crippen molar-refractivity contribution in [3.63, 3.8) is 0 Å². The maximum absolute atomic E-state index is 11.2. The van der Waals surface area contributed by atoms with Crippen LogP contribution >= 0.6 is 0 Å². The predicted octanol–water partition coefficient (Wildman–Crippen LogP) is 2.71. The molecule has 1 N–H and O–H groups in total. The molecule has 2 aromatic rings. The fraction of sp³-hybridized carbons (Fsp3) is 0.267. The number of benzene rings is 2. The second-order valence-corrected chi connectivity index (χ2v) is 4.57. The van der Waals surface area contributed by atoms with Crippen LogP contribution in [0.3, 0.4) is 0 Å². The summed E-state index contributed by atoms with van der Waals surface area (Å²) in [6, 6.07) is 10.7. The Morgan fingerprint density at radius 1 is 1.21 bits per heavy atom. The van der Waals surface area contributed by atoms with Gasteiger partial charge in [-0.05, 0) is 17.5 Å². The molecular weight excluding hydrogens is 244 g/mol. The Hall–Kier alpha value is -2.07. The third kappa shape index (κ3) is 2.27. The number of fused-ring (bicyclic) bond motifs is 1. The lowest BCUT2D eigenvalue weighted by Crippen LogP contribution is -2.16. The molecule has 0 bridgehead atoms. The fourth-order valence-electron chi connectivity index (χ4n) is 2.35. The van der Waals surface area contributed by atoms with E-state index < -0.39 is 5.97 Å². The smallest absolute Gasteiger partial charge is 0.336 e. The molecule has 1 aliphatic heterocycles. The molecule has 4 heteroatoms. The van der Waals surface area contributed by atoms with Gasteiger partial charge >= 0.3 is 5.97 Å². The second-order valence-electron chi connectivity index (χ2n) is 4.57. The Balaban J connectivity index is 2.05. The normalized spacial score (nSPS) is 18.6. The highest BCUT2D eigenvalue weighted by molar-refractivity contribution is 6.05. The fourth-order valence-corrected chi connectivity index (χ4v) is 2.35. The summed E-state index contributed by atoms with van der Waals surface area (Å²) in [6.07, 6.45) is 0.925. The van der Waals surface area contributed by atoms with Crippen molar-refractivity contribution in [2.45, 2.75) is 12.5 Å². The van der Waals surface area contributed by atoms with Crippen molar-refractivity contribution in [3.05, 3.63) is 42.0 Å². The number of hydrogen-bond donors (Lipinski definition) is 1. The maximum Gasteiger partial charge on any atom is 0.336 e. The monoisotopic (exact) mass is 258 g/mol. The molecule has 0 spiro atoms. The van der Waals surface area contributed by atoms with E-state index in [4.69, 9.17) is 9.47 Å². The molecule has 1 heterocycles. The van der Waals surface area contributed by atoms with Gasteiger partial charge < -0.3 is 14.6 Å². The molecule has 1 atom stereocenters. The van der Waals surface area contributed by atoms with E-state index in [-0.39, 0.29) is 6.10 Å². The van der Waals surface area contributed by atoms with Crippen LogP contribution in [-0.2, 0) is 4.74 Å². The first kappa shape index (κ1) is 12.0. The van der Waals surface area contributed by atoms with E-state index in [1.807, 2.05) is 18.2 Å². The van der Waals surface area contributed by atoms with Crippen LogP contribution in [-0.4, -0.2) is 30.4 Å². The van der Waals surface area contributed by atoms with Gasteiger partial charge in [-0.3, -0.25) is 0 Å². The van der Waals surface area contributed by atoms with Gasteiger partial charge in [-0.1, -0.05) is 24.3 Å². The van der Waals surface area contributed by atoms with E-state index in [9.17, 15) is 9.90 Å². The van der Waals surface area contributed by atoms with Crippen LogP contribution in [0.1, 0.15) is 16.8 Å². The van der Waals surface area contributed by atoms with Crippen molar-refractivity contribution in [2.75, 3.05) is 13.2 Å². The Morgan fingerprint density at radius 3 is 2.68 bits per heavy atom. The molecular formula is C15H14O4. The van der Waals surface area contributed by atoms with E-state index in [1.54, 1.807) is 18.2 Å². The van der Waals surface area contributed by atoms with Crippen molar-refractivity contribution in [1.82, 2.24) is 0 Å². The zero-order chi connectivity index (χ0) is 13.2. The van der Waals surface area contributed by atoms with Crippen LogP contribution in [0.15, 0.2) is 36.4 Å². The van der Waals surface area contributed by atoms with Gasteiger partial charge in [0, 0.05) is 11.8 Å². The van der Waals surface area contributed by atoms with Crippen molar-refractivity contribution < 1.29 is 19.4 Å². The van der Waals surface area contributed by atoms with Crippen LogP contribution in [0.2, 0.25) is 0 Å². The molecule has 98 valence electrons. The van der Waals surface area contributed by atoms with Crippen LogP contribution in [0.4, 0.5) is 0 Å². The van der Waals surface area contributed by atoms with E-state index >= 15 is 0 Å². The summed E-state index contributed by atoms with van der Waals surface area (Å²) in [6.45, 7) is 1.31. The molecule has 2 aromatic carbocycles. The SMILES string of the molecule is O=C(O)c1ccc(OC2CCOC2)c2ccccc12. The third-order valence-electron chi connectivity index (χ3n) is 3.30. The molecule has 1 aliphatic rings. The minimum atomic E-state index is -0.924. The first-order valence-electron chi connectivity index (χ1n) is 6.25. The molecule has 0 aliphatic carbocycles. The van der Waals surface area contributed by atoms with Gasteiger partial charge in [0.15, 0.2) is 0 Å². The highest BCUT2D eigenvalue weighted by atomic mass is 16.5. The zero-order valence-electron chi connectivity index (χ0n) is 10.3. The average Bonchev–Trinajstić information content (AvgIpc) is 2.91. The first-order chi connectivity index (χ1) is 9.25. The van der Waals surface area contributed by atoms with Gasteiger partial charge in [-0.15, -0.1) is 0 Å². The summed E-state index contributed by atoms with van der Waals surface area (Å²) in [7, 11) is 0. The number of ether oxygens (including phenoxy) is 2. The van der Waals surface area contributed by atoms with E-state index in [2.05, 4.69) is 0 Å². The van der Waals surface area contributed by atoms with Crippen molar-refractivity contribution in [3.8, 4) is 5.75 Å². The number of aromatic carboxylic acids is 1. The molecule has 0 aromatic heterocycles. The van der Waals surface area contributed by atoms with E-state index in [0.29, 0.717) is 17.6 Å². The van der Waals surface area contributed by atoms with Gasteiger partial charge in [0.2, 0.25) is 0 Å². The largest absolute Gasteiger partial charge is 0.487 e. The summed E-state index contributed by atoms with van der Waals surface area (Å²) in [5, 5.41) is 10.7. The first-order valence-corrected chi connectivity index (χ1v) is 6.25. The van der Waals surface area contributed by atoms with Crippen LogP contribution in [0.25, 0.3) is 10.8 Å². The highest BCUT2D eigenvalue weighted by Crippen LogP contribution is 2.30. The number of hydrogen-bond acceptors (Lipinski definition) is 3. The van der Waals surface area contributed by atoms with Gasteiger partial charge in [0.1, 0.15) is 11.9 Å². The molecule has 1 unspecified atom stereocenters. The summed E-state index contributed by atoms with van der Waals surface area (Å²) in [5.74, 6) is -0.206. The highest BCUT2D eigenvalue weighted by Gasteiger charge is 2.19. The maximum atomic E-state index is 11.2. The molecule has 0 radical (unpaired) electrons. The van der Waals surface area contributed by atoms with Crippen LogP contribution in [0, 0.1) is 0 Å². The molecule has 19 heavy (non-hydrogen) atoms. The number of carboxylic acids is 1. The Labute approximate surface area is 110 Å². The molecule has 4 nitrogen and oxygen atoms in total. The summed E-state index contributed by atoms with van der Waals surface area (Å²) in [4.78, 5) is 11.2. The molecule has 0 amide bonds. The third-order valence-corrected chi connectivity index (χ3v) is 3.30. The van der Waals surface area contributed by atoms with Crippen molar-refractivity contribution in [1.29, 1.82) is 0 Å². The van der Waals surface area contributed by atoms with E-state index in [0.717, 1.165) is 24.2 Å². The standard InChI is InChI=1S/C15H14O4/c16-15(17)13-5-6-14(19-10-7-8-18-9-10)12-4-2-1-3-11(12)13/h1-6,10H,7-9H2,(H,16,17). The van der Waals surface area contributed by atoms with Gasteiger partial charge in [0.05, 0.1) is 18.8 Å². The quantitative estimate of drug-likeness (QED) is 0.919. The molecule has 0 saturated carbocycles. The predicted molar refractivity (Wildman–Crippen MR) is 70.8 cm³/mol. The molecule has 1 fully saturated rings. The van der Waals surface area contributed by atoms with Gasteiger partial charge in [-0.25, -0.2) is 4.79 Å². The van der Waals surface area contributed by atoms with E-state index in [1.165, 1.54) is 0 Å². The summed E-state index contributed by atoms with van der Waals surface area (Å²) < 4.78 is 11.2. The Morgan fingerprint density at radius 2 is 2.00 bits per heavy atom. The molecule has 3 rings (SSSR count). The lowest BCUT2D eigenvalue weighted by Gasteiger charge is -2.15. The van der Waals surface area contributed by atoms with Crippen LogP contribution in [0.5, 0.6) is 5.75 Å². The number of carboxylic acid groups (broad SMARTS) is 1. The minimum Gasteiger partial charge on any atom is -0.487 e. The minimum absolute atomic E-state index is 0.0547. The lowest BCUT2D eigenvalue weighted by atomic mass is 10.0. The zero-order valence-corrected chi connectivity index (χ0v) is 10.3. The number of rotatable bonds is 3. The number of carbonyl (C=O) groups is 1. The lowest BCUT2D eigenvalue weighted by molar-refractivity contribution is 0.0699.